The van der Waals surface area contributed by atoms with Crippen molar-refractivity contribution < 1.29 is 9.47 Å². The summed E-state index contributed by atoms with van der Waals surface area (Å²) in [6.07, 6.45) is 4.20. The molecule has 0 unspecified atom stereocenters. The molecule has 5 aromatic carbocycles. The van der Waals surface area contributed by atoms with Gasteiger partial charge in [0, 0.05) is 11.1 Å². The van der Waals surface area contributed by atoms with Gasteiger partial charge in [0.15, 0.2) is 0 Å². The molecule has 0 saturated carbocycles. The van der Waals surface area contributed by atoms with E-state index in [-0.39, 0.29) is 0 Å². The summed E-state index contributed by atoms with van der Waals surface area (Å²) < 4.78 is 13.0. The van der Waals surface area contributed by atoms with E-state index in [0.717, 1.165) is 59.4 Å². The van der Waals surface area contributed by atoms with E-state index in [1.807, 2.05) is 0 Å². The Morgan fingerprint density at radius 3 is 1.07 bits per heavy atom. The Kier molecular flexibility index (Phi) is 10.2. The summed E-state index contributed by atoms with van der Waals surface area (Å²) in [4.78, 5) is 0. The zero-order chi connectivity index (χ0) is 31.1. The lowest BCUT2D eigenvalue weighted by molar-refractivity contribution is 0.303. The fraction of sp³-hybridized carbons (Fsp3) is 0.286. The van der Waals surface area contributed by atoms with Crippen molar-refractivity contribution >= 4 is 0 Å². The number of aryl methyl sites for hydroxylation is 4. The lowest BCUT2D eigenvalue weighted by Crippen LogP contribution is -2.02. The molecule has 0 aliphatic carbocycles. The lowest BCUT2D eigenvalue weighted by Gasteiger charge is -2.19. The van der Waals surface area contributed by atoms with E-state index in [4.69, 9.17) is 9.47 Å². The molecule has 226 valence electrons. The number of benzene rings is 5. The van der Waals surface area contributed by atoms with Gasteiger partial charge in [0.2, 0.25) is 0 Å². The molecule has 0 N–H and O–H groups in total. The summed E-state index contributed by atoms with van der Waals surface area (Å²) in [6, 6.07) is 35.4. The fourth-order valence-corrected chi connectivity index (χ4v) is 5.84. The third-order valence-corrected chi connectivity index (χ3v) is 8.37. The van der Waals surface area contributed by atoms with E-state index in [0.29, 0.717) is 13.2 Å². The van der Waals surface area contributed by atoms with Crippen LogP contribution in [0.4, 0.5) is 0 Å². The predicted octanol–water partition coefficient (Wildman–Crippen LogP) is 11.9. The molecular weight excluding hydrogens is 536 g/mol. The summed E-state index contributed by atoms with van der Waals surface area (Å²) in [5, 5.41) is 0. The average Bonchev–Trinajstić information content (AvgIpc) is 3.02. The smallest absolute Gasteiger partial charge is 0.128 e. The molecule has 2 nitrogen and oxygen atoms in total. The van der Waals surface area contributed by atoms with Gasteiger partial charge in [-0.05, 0) is 97.2 Å². The summed E-state index contributed by atoms with van der Waals surface area (Å²) in [5.41, 5.74) is 14.5. The Bertz CT molecular complexity index is 1570. The van der Waals surface area contributed by atoms with Crippen LogP contribution in [0.3, 0.4) is 0 Å². The Labute approximate surface area is 264 Å². The SMILES string of the molecule is CCCCOc1cc(-c2ccc(-c3ccc(C)cc3C)cc2)c(OCCCC)cc1-c1ccc(-c2ccc(C)cc2C)cc1. The summed E-state index contributed by atoms with van der Waals surface area (Å²) in [7, 11) is 0. The Hall–Kier alpha value is -4.30. The van der Waals surface area contributed by atoms with Gasteiger partial charge in [-0.15, -0.1) is 0 Å². The molecule has 2 heteroatoms. The fourth-order valence-electron chi connectivity index (χ4n) is 5.84. The van der Waals surface area contributed by atoms with Crippen molar-refractivity contribution in [3.63, 3.8) is 0 Å². The van der Waals surface area contributed by atoms with Crippen molar-refractivity contribution in [2.45, 2.75) is 67.2 Å². The van der Waals surface area contributed by atoms with E-state index < -0.39 is 0 Å². The van der Waals surface area contributed by atoms with Crippen LogP contribution >= 0.6 is 0 Å². The van der Waals surface area contributed by atoms with Crippen LogP contribution in [0.25, 0.3) is 44.5 Å². The number of unbranched alkanes of at least 4 members (excludes halogenated alkanes) is 2. The van der Waals surface area contributed by atoms with Crippen LogP contribution < -0.4 is 9.47 Å². The molecule has 0 amide bonds. The standard InChI is InChI=1S/C42H46O2/c1-7-9-23-43-41-27-40(36-19-15-34(16-20-36)38-22-12-30(4)26-32(38)6)42(44-24-10-8-2)28-39(41)35-17-13-33(14-18-35)37-21-11-29(3)25-31(37)5/h11-22,25-28H,7-10,23-24H2,1-6H3. The minimum absolute atomic E-state index is 0.686. The van der Waals surface area contributed by atoms with Gasteiger partial charge in [-0.3, -0.25) is 0 Å². The quantitative estimate of drug-likeness (QED) is 0.136. The van der Waals surface area contributed by atoms with E-state index in [1.54, 1.807) is 0 Å². The first-order chi connectivity index (χ1) is 21.4. The maximum atomic E-state index is 6.49. The zero-order valence-corrected chi connectivity index (χ0v) is 27.3. The van der Waals surface area contributed by atoms with E-state index in [2.05, 4.69) is 139 Å². The van der Waals surface area contributed by atoms with E-state index in [1.165, 1.54) is 44.5 Å². The van der Waals surface area contributed by atoms with Crippen molar-refractivity contribution in [2.24, 2.45) is 0 Å². The molecule has 0 aromatic heterocycles. The molecule has 0 radical (unpaired) electrons. The Balaban J connectivity index is 1.56. The van der Waals surface area contributed by atoms with Crippen LogP contribution in [0.2, 0.25) is 0 Å². The highest BCUT2D eigenvalue weighted by Gasteiger charge is 2.17. The molecule has 0 fully saturated rings. The van der Waals surface area contributed by atoms with Gasteiger partial charge in [0.05, 0.1) is 13.2 Å². The molecule has 5 rings (SSSR count). The number of hydrogen-bond donors (Lipinski definition) is 0. The third-order valence-electron chi connectivity index (χ3n) is 8.37. The molecule has 0 aliphatic heterocycles. The Morgan fingerprint density at radius 1 is 0.409 bits per heavy atom. The highest BCUT2D eigenvalue weighted by Crippen LogP contribution is 2.42. The minimum atomic E-state index is 0.686. The number of ether oxygens (including phenoxy) is 2. The zero-order valence-electron chi connectivity index (χ0n) is 27.3. The third kappa shape index (κ3) is 7.25. The number of rotatable bonds is 12. The molecule has 44 heavy (non-hydrogen) atoms. The lowest BCUT2D eigenvalue weighted by atomic mass is 9.93. The van der Waals surface area contributed by atoms with Gasteiger partial charge in [-0.25, -0.2) is 0 Å². The molecule has 0 aliphatic rings. The summed E-state index contributed by atoms with van der Waals surface area (Å²) in [6.45, 7) is 14.4. The topological polar surface area (TPSA) is 18.5 Å². The minimum Gasteiger partial charge on any atom is -0.493 e. The molecule has 0 spiro atoms. The summed E-state index contributed by atoms with van der Waals surface area (Å²) in [5.74, 6) is 1.79. The van der Waals surface area contributed by atoms with Gasteiger partial charge >= 0.3 is 0 Å². The highest BCUT2D eigenvalue weighted by molar-refractivity contribution is 5.83. The first-order valence-electron chi connectivity index (χ1n) is 16.2. The average molecular weight is 583 g/mol. The van der Waals surface area contributed by atoms with Crippen LogP contribution in [-0.2, 0) is 0 Å². The van der Waals surface area contributed by atoms with Crippen molar-refractivity contribution in [1.29, 1.82) is 0 Å². The normalized spacial score (nSPS) is 11.0. The van der Waals surface area contributed by atoms with Gasteiger partial charge in [0.1, 0.15) is 11.5 Å². The van der Waals surface area contributed by atoms with Crippen molar-refractivity contribution in [3.05, 3.63) is 119 Å². The van der Waals surface area contributed by atoms with Gasteiger partial charge in [-0.1, -0.05) is 123 Å². The van der Waals surface area contributed by atoms with Gasteiger partial charge in [0.25, 0.3) is 0 Å². The second kappa shape index (κ2) is 14.4. The van der Waals surface area contributed by atoms with Crippen LogP contribution in [-0.4, -0.2) is 13.2 Å². The first-order valence-corrected chi connectivity index (χ1v) is 16.2. The van der Waals surface area contributed by atoms with Crippen molar-refractivity contribution in [3.8, 4) is 56.0 Å². The molecule has 5 aromatic rings. The van der Waals surface area contributed by atoms with Crippen molar-refractivity contribution in [2.75, 3.05) is 13.2 Å². The second-order valence-electron chi connectivity index (χ2n) is 12.0. The van der Waals surface area contributed by atoms with Gasteiger partial charge in [-0.2, -0.15) is 0 Å². The van der Waals surface area contributed by atoms with E-state index >= 15 is 0 Å². The summed E-state index contributed by atoms with van der Waals surface area (Å²) >= 11 is 0. The molecule has 0 heterocycles. The maximum Gasteiger partial charge on any atom is 0.128 e. The van der Waals surface area contributed by atoms with Crippen LogP contribution in [0, 0.1) is 27.7 Å². The highest BCUT2D eigenvalue weighted by atomic mass is 16.5. The van der Waals surface area contributed by atoms with Crippen LogP contribution in [0.1, 0.15) is 61.8 Å². The van der Waals surface area contributed by atoms with Crippen LogP contribution in [0.15, 0.2) is 97.1 Å². The number of hydrogen-bond acceptors (Lipinski definition) is 2. The molecular formula is C42H46O2. The molecule has 0 saturated heterocycles. The maximum absolute atomic E-state index is 6.49. The largest absolute Gasteiger partial charge is 0.493 e. The first kappa shape index (κ1) is 31.1. The molecule has 0 atom stereocenters. The van der Waals surface area contributed by atoms with E-state index in [9.17, 15) is 0 Å². The monoisotopic (exact) mass is 582 g/mol. The predicted molar refractivity (Wildman–Crippen MR) is 188 cm³/mol. The molecule has 0 bridgehead atoms. The second-order valence-corrected chi connectivity index (χ2v) is 12.0. The van der Waals surface area contributed by atoms with Gasteiger partial charge < -0.3 is 9.47 Å². The Morgan fingerprint density at radius 2 is 0.750 bits per heavy atom. The van der Waals surface area contributed by atoms with Crippen LogP contribution in [0.5, 0.6) is 11.5 Å². The van der Waals surface area contributed by atoms with Crippen molar-refractivity contribution in [1.82, 2.24) is 0 Å².